The molecule has 2 N–H and O–H groups in total. The fraction of sp³-hybridized carbons (Fsp3) is 0.385. The van der Waals surface area contributed by atoms with Gasteiger partial charge in [0, 0.05) is 40.1 Å². The quantitative estimate of drug-likeness (QED) is 0.900. The van der Waals surface area contributed by atoms with Crippen molar-refractivity contribution in [1.82, 2.24) is 4.57 Å². The van der Waals surface area contributed by atoms with Crippen molar-refractivity contribution in [2.75, 3.05) is 6.54 Å². The molecule has 0 saturated heterocycles. The van der Waals surface area contributed by atoms with Crippen LogP contribution in [0.15, 0.2) is 28.7 Å². The van der Waals surface area contributed by atoms with Gasteiger partial charge in [-0.1, -0.05) is 18.2 Å². The van der Waals surface area contributed by atoms with Crippen LogP contribution in [0.5, 0.6) is 0 Å². The minimum absolute atomic E-state index is 0.229. The van der Waals surface area contributed by atoms with Crippen molar-refractivity contribution >= 4 is 26.8 Å². The van der Waals surface area contributed by atoms with Crippen molar-refractivity contribution in [3.63, 3.8) is 0 Å². The highest BCUT2D eigenvalue weighted by molar-refractivity contribution is 9.10. The lowest BCUT2D eigenvalue weighted by molar-refractivity contribution is 0.642. The van der Waals surface area contributed by atoms with Crippen LogP contribution in [-0.4, -0.2) is 11.1 Å². The van der Waals surface area contributed by atoms with E-state index in [0.717, 1.165) is 6.54 Å². The number of benzene rings is 1. The zero-order chi connectivity index (χ0) is 11.3. The Labute approximate surface area is 104 Å². The topological polar surface area (TPSA) is 30.9 Å². The molecule has 1 aromatic heterocycles. The summed E-state index contributed by atoms with van der Waals surface area (Å²) in [5.41, 5.74) is 8.81. The Morgan fingerprint density at radius 3 is 2.62 bits per heavy atom. The van der Waals surface area contributed by atoms with Crippen molar-refractivity contribution in [3.8, 4) is 0 Å². The molecule has 0 radical (unpaired) electrons. The van der Waals surface area contributed by atoms with E-state index in [2.05, 4.69) is 51.8 Å². The lowest BCUT2D eigenvalue weighted by Gasteiger charge is -2.15. The number of para-hydroxylation sites is 1. The van der Waals surface area contributed by atoms with Gasteiger partial charge in [0.1, 0.15) is 0 Å². The molecule has 2 nitrogen and oxygen atoms in total. The van der Waals surface area contributed by atoms with Crippen LogP contribution in [0.4, 0.5) is 0 Å². The van der Waals surface area contributed by atoms with Gasteiger partial charge in [0.15, 0.2) is 0 Å². The molecular formula is C13H15BrN2. The van der Waals surface area contributed by atoms with Crippen LogP contribution in [0.1, 0.15) is 18.5 Å². The number of fused-ring (bicyclic) bond motifs is 1. The SMILES string of the molecule is Cn1c(C2(CN)CC2)c(Br)c2ccccc21. The van der Waals surface area contributed by atoms with Crippen LogP contribution in [-0.2, 0) is 12.5 Å². The third kappa shape index (κ3) is 1.22. The second kappa shape index (κ2) is 3.34. The van der Waals surface area contributed by atoms with Gasteiger partial charge in [-0.15, -0.1) is 0 Å². The molecule has 84 valence electrons. The number of hydrogen-bond donors (Lipinski definition) is 1. The molecule has 1 aromatic carbocycles. The number of hydrogen-bond acceptors (Lipinski definition) is 1. The largest absolute Gasteiger partial charge is 0.346 e. The molecule has 3 rings (SSSR count). The van der Waals surface area contributed by atoms with E-state index in [1.807, 2.05) is 0 Å². The standard InChI is InChI=1S/C13H15BrN2/c1-16-10-5-3-2-4-9(10)11(14)12(16)13(8-15)6-7-13/h2-5H,6-8,15H2,1H3. The van der Waals surface area contributed by atoms with E-state index < -0.39 is 0 Å². The van der Waals surface area contributed by atoms with E-state index >= 15 is 0 Å². The second-order valence-corrected chi connectivity index (χ2v) is 5.52. The van der Waals surface area contributed by atoms with Gasteiger partial charge >= 0.3 is 0 Å². The number of aryl methyl sites for hydroxylation is 1. The number of nitrogens with two attached hydrogens (primary N) is 1. The van der Waals surface area contributed by atoms with E-state index in [4.69, 9.17) is 5.73 Å². The molecule has 16 heavy (non-hydrogen) atoms. The fourth-order valence-electron chi connectivity index (χ4n) is 2.62. The number of rotatable bonds is 2. The Balaban J connectivity index is 2.33. The predicted octanol–water partition coefficient (Wildman–Crippen LogP) is 2.93. The third-order valence-corrected chi connectivity index (χ3v) is 4.59. The monoisotopic (exact) mass is 278 g/mol. The molecule has 2 aromatic rings. The van der Waals surface area contributed by atoms with Crippen molar-refractivity contribution in [3.05, 3.63) is 34.4 Å². The fourth-order valence-corrected chi connectivity index (χ4v) is 3.65. The van der Waals surface area contributed by atoms with Gasteiger partial charge in [-0.25, -0.2) is 0 Å². The molecule has 3 heteroatoms. The van der Waals surface area contributed by atoms with Crippen molar-refractivity contribution in [2.45, 2.75) is 18.3 Å². The van der Waals surface area contributed by atoms with E-state index in [-0.39, 0.29) is 5.41 Å². The van der Waals surface area contributed by atoms with Crippen LogP contribution >= 0.6 is 15.9 Å². The highest BCUT2D eigenvalue weighted by Crippen LogP contribution is 2.51. The van der Waals surface area contributed by atoms with Crippen molar-refractivity contribution < 1.29 is 0 Å². The van der Waals surface area contributed by atoms with Crippen LogP contribution in [0, 0.1) is 0 Å². The van der Waals surface area contributed by atoms with Crippen LogP contribution in [0.2, 0.25) is 0 Å². The number of aromatic nitrogens is 1. The molecule has 0 aliphatic heterocycles. The van der Waals surface area contributed by atoms with E-state index in [1.165, 1.54) is 33.9 Å². The number of halogens is 1. The summed E-state index contributed by atoms with van der Waals surface area (Å²) < 4.78 is 3.52. The second-order valence-electron chi connectivity index (χ2n) is 4.72. The van der Waals surface area contributed by atoms with Crippen molar-refractivity contribution in [1.29, 1.82) is 0 Å². The Hall–Kier alpha value is -0.800. The van der Waals surface area contributed by atoms with Gasteiger partial charge in [0.2, 0.25) is 0 Å². The van der Waals surface area contributed by atoms with Gasteiger partial charge < -0.3 is 10.3 Å². The Bertz CT molecular complexity index is 513. The summed E-state index contributed by atoms with van der Waals surface area (Å²) in [7, 11) is 2.14. The minimum atomic E-state index is 0.229. The summed E-state index contributed by atoms with van der Waals surface area (Å²) in [6, 6.07) is 8.49. The highest BCUT2D eigenvalue weighted by atomic mass is 79.9. The maximum absolute atomic E-state index is 5.93. The molecule has 1 fully saturated rings. The van der Waals surface area contributed by atoms with Gasteiger partial charge in [-0.05, 0) is 34.8 Å². The summed E-state index contributed by atoms with van der Waals surface area (Å²) >= 11 is 3.74. The lowest BCUT2D eigenvalue weighted by atomic mass is 10.0. The summed E-state index contributed by atoms with van der Waals surface area (Å²) in [5, 5.41) is 1.29. The van der Waals surface area contributed by atoms with Crippen LogP contribution in [0.3, 0.4) is 0 Å². The minimum Gasteiger partial charge on any atom is -0.346 e. The molecule has 0 amide bonds. The summed E-state index contributed by atoms with van der Waals surface area (Å²) in [6.45, 7) is 0.746. The molecule has 0 bridgehead atoms. The number of nitrogens with zero attached hydrogens (tertiary/aromatic N) is 1. The zero-order valence-electron chi connectivity index (χ0n) is 9.33. The average molecular weight is 279 g/mol. The lowest BCUT2D eigenvalue weighted by Crippen LogP contribution is -2.22. The summed E-state index contributed by atoms with van der Waals surface area (Å²) in [5.74, 6) is 0. The van der Waals surface area contributed by atoms with Gasteiger partial charge in [0.05, 0.1) is 0 Å². The van der Waals surface area contributed by atoms with Gasteiger partial charge in [-0.3, -0.25) is 0 Å². The maximum atomic E-state index is 5.93. The Morgan fingerprint density at radius 2 is 2.06 bits per heavy atom. The molecule has 1 heterocycles. The molecule has 0 spiro atoms. The van der Waals surface area contributed by atoms with Crippen LogP contribution in [0.25, 0.3) is 10.9 Å². The van der Waals surface area contributed by atoms with E-state index in [1.54, 1.807) is 0 Å². The van der Waals surface area contributed by atoms with E-state index in [9.17, 15) is 0 Å². The Morgan fingerprint density at radius 1 is 1.38 bits per heavy atom. The predicted molar refractivity (Wildman–Crippen MR) is 70.6 cm³/mol. The average Bonchev–Trinajstić information content (AvgIpc) is 3.05. The molecular weight excluding hydrogens is 264 g/mol. The Kier molecular flexibility index (Phi) is 2.17. The first kappa shape index (κ1) is 10.4. The molecule has 0 unspecified atom stereocenters. The van der Waals surface area contributed by atoms with Crippen molar-refractivity contribution in [2.24, 2.45) is 12.8 Å². The van der Waals surface area contributed by atoms with E-state index in [0.29, 0.717) is 0 Å². The normalized spacial score (nSPS) is 17.9. The first-order valence-corrected chi connectivity index (χ1v) is 6.42. The molecule has 1 aliphatic carbocycles. The maximum Gasteiger partial charge on any atom is 0.0491 e. The van der Waals surface area contributed by atoms with Gasteiger partial charge in [-0.2, -0.15) is 0 Å². The third-order valence-electron chi connectivity index (χ3n) is 3.79. The highest BCUT2D eigenvalue weighted by Gasteiger charge is 2.46. The van der Waals surface area contributed by atoms with Crippen LogP contribution < -0.4 is 5.73 Å². The first-order chi connectivity index (χ1) is 7.69. The summed E-state index contributed by atoms with van der Waals surface area (Å²) in [4.78, 5) is 0. The zero-order valence-corrected chi connectivity index (χ0v) is 10.9. The van der Waals surface area contributed by atoms with Gasteiger partial charge in [0.25, 0.3) is 0 Å². The molecule has 1 saturated carbocycles. The molecule has 1 aliphatic rings. The molecule has 0 atom stereocenters. The smallest absolute Gasteiger partial charge is 0.0491 e. The summed E-state index contributed by atoms with van der Waals surface area (Å²) in [6.07, 6.45) is 2.43. The first-order valence-electron chi connectivity index (χ1n) is 5.63.